The number of hydrogen-bond donors (Lipinski definition) is 2. The standard InChI is InChI=1S/C12H25N3OS/c1-3-12(2,10-13)11(16)14-4-5-15-6-8-17-9-7-15/h3-10,13H2,1-2H3,(H,14,16). The Hall–Kier alpha value is -0.260. The Balaban J connectivity index is 2.23. The fourth-order valence-electron chi connectivity index (χ4n) is 1.76. The van der Waals surface area contributed by atoms with E-state index in [1.54, 1.807) is 0 Å². The van der Waals surface area contributed by atoms with E-state index < -0.39 is 5.41 Å². The Kier molecular flexibility index (Phi) is 6.30. The van der Waals surface area contributed by atoms with Gasteiger partial charge in [0.1, 0.15) is 0 Å². The fraction of sp³-hybridized carbons (Fsp3) is 0.917. The molecule has 1 amide bonds. The number of nitrogens with one attached hydrogen (secondary N) is 1. The van der Waals surface area contributed by atoms with Crippen LogP contribution in [0.4, 0.5) is 0 Å². The number of rotatable bonds is 6. The molecule has 0 aromatic carbocycles. The molecule has 1 fully saturated rings. The van der Waals surface area contributed by atoms with Crippen LogP contribution in [-0.4, -0.2) is 55.0 Å². The van der Waals surface area contributed by atoms with Gasteiger partial charge in [0.05, 0.1) is 5.41 Å². The van der Waals surface area contributed by atoms with E-state index in [4.69, 9.17) is 5.73 Å². The Bertz CT molecular complexity index is 238. The third kappa shape index (κ3) is 4.48. The van der Waals surface area contributed by atoms with Crippen LogP contribution in [0.3, 0.4) is 0 Å². The lowest BCUT2D eigenvalue weighted by atomic mass is 9.87. The lowest BCUT2D eigenvalue weighted by Gasteiger charge is -2.28. The third-order valence-corrected chi connectivity index (χ3v) is 4.54. The van der Waals surface area contributed by atoms with Crippen molar-refractivity contribution >= 4 is 17.7 Å². The molecule has 100 valence electrons. The number of nitrogens with zero attached hydrogens (tertiary/aromatic N) is 1. The quantitative estimate of drug-likeness (QED) is 0.730. The first-order chi connectivity index (χ1) is 8.12. The van der Waals surface area contributed by atoms with Gasteiger partial charge in [0.2, 0.25) is 5.91 Å². The van der Waals surface area contributed by atoms with Crippen LogP contribution in [0.25, 0.3) is 0 Å². The van der Waals surface area contributed by atoms with E-state index >= 15 is 0 Å². The Morgan fingerprint density at radius 1 is 1.47 bits per heavy atom. The van der Waals surface area contributed by atoms with Crippen LogP contribution in [0.15, 0.2) is 0 Å². The maximum atomic E-state index is 12.0. The summed E-state index contributed by atoms with van der Waals surface area (Å²) in [6.45, 7) is 8.32. The molecule has 1 aliphatic heterocycles. The average molecular weight is 259 g/mol. The van der Waals surface area contributed by atoms with Crippen molar-refractivity contribution < 1.29 is 4.79 Å². The highest BCUT2D eigenvalue weighted by molar-refractivity contribution is 7.99. The van der Waals surface area contributed by atoms with E-state index in [0.29, 0.717) is 6.54 Å². The van der Waals surface area contributed by atoms with Crippen molar-refractivity contribution in [2.45, 2.75) is 20.3 Å². The number of amides is 1. The van der Waals surface area contributed by atoms with Crippen molar-refractivity contribution in [1.29, 1.82) is 0 Å². The van der Waals surface area contributed by atoms with E-state index in [1.807, 2.05) is 25.6 Å². The lowest BCUT2D eigenvalue weighted by molar-refractivity contribution is -0.129. The monoisotopic (exact) mass is 259 g/mol. The second-order valence-electron chi connectivity index (χ2n) is 4.83. The van der Waals surface area contributed by atoms with Crippen LogP contribution in [0.5, 0.6) is 0 Å². The molecule has 0 aromatic rings. The van der Waals surface area contributed by atoms with Gasteiger partial charge in [0, 0.05) is 44.2 Å². The number of nitrogens with two attached hydrogens (primary N) is 1. The van der Waals surface area contributed by atoms with E-state index in [0.717, 1.165) is 32.6 Å². The molecule has 5 heteroatoms. The molecule has 0 saturated carbocycles. The third-order valence-electron chi connectivity index (χ3n) is 3.60. The lowest BCUT2D eigenvalue weighted by Crippen LogP contribution is -2.46. The summed E-state index contributed by atoms with van der Waals surface area (Å²) in [6, 6.07) is 0. The summed E-state index contributed by atoms with van der Waals surface area (Å²) < 4.78 is 0. The molecule has 1 unspecified atom stereocenters. The minimum Gasteiger partial charge on any atom is -0.354 e. The van der Waals surface area contributed by atoms with Crippen molar-refractivity contribution in [2.24, 2.45) is 11.1 Å². The first kappa shape index (κ1) is 14.8. The van der Waals surface area contributed by atoms with Crippen LogP contribution in [0.1, 0.15) is 20.3 Å². The largest absolute Gasteiger partial charge is 0.354 e. The van der Waals surface area contributed by atoms with E-state index in [9.17, 15) is 4.79 Å². The molecular weight excluding hydrogens is 234 g/mol. The summed E-state index contributed by atoms with van der Waals surface area (Å²) >= 11 is 2.00. The van der Waals surface area contributed by atoms with Gasteiger partial charge in [0.25, 0.3) is 0 Å². The van der Waals surface area contributed by atoms with Crippen molar-refractivity contribution in [3.63, 3.8) is 0 Å². The van der Waals surface area contributed by atoms with Gasteiger partial charge in [-0.3, -0.25) is 9.69 Å². The molecule has 1 heterocycles. The summed E-state index contributed by atoms with van der Waals surface area (Å²) in [6.07, 6.45) is 0.787. The maximum absolute atomic E-state index is 12.0. The molecule has 0 spiro atoms. The average Bonchev–Trinajstić information content (AvgIpc) is 2.39. The minimum absolute atomic E-state index is 0.0916. The van der Waals surface area contributed by atoms with Crippen molar-refractivity contribution in [2.75, 3.05) is 44.2 Å². The summed E-state index contributed by atoms with van der Waals surface area (Å²) in [5.41, 5.74) is 5.25. The summed E-state index contributed by atoms with van der Waals surface area (Å²) in [7, 11) is 0. The van der Waals surface area contributed by atoms with E-state index in [-0.39, 0.29) is 5.91 Å². The van der Waals surface area contributed by atoms with Crippen LogP contribution in [0.2, 0.25) is 0 Å². The summed E-state index contributed by atoms with van der Waals surface area (Å²) in [5, 5.41) is 3.00. The first-order valence-electron chi connectivity index (χ1n) is 6.41. The van der Waals surface area contributed by atoms with Gasteiger partial charge in [-0.05, 0) is 13.3 Å². The second-order valence-corrected chi connectivity index (χ2v) is 6.05. The molecule has 17 heavy (non-hydrogen) atoms. The molecule has 0 aromatic heterocycles. The van der Waals surface area contributed by atoms with Gasteiger partial charge in [-0.2, -0.15) is 11.8 Å². The Morgan fingerprint density at radius 2 is 2.12 bits per heavy atom. The maximum Gasteiger partial charge on any atom is 0.227 e. The minimum atomic E-state index is -0.405. The topological polar surface area (TPSA) is 58.4 Å². The van der Waals surface area contributed by atoms with Crippen LogP contribution in [-0.2, 0) is 4.79 Å². The molecule has 3 N–H and O–H groups in total. The van der Waals surface area contributed by atoms with Crippen molar-refractivity contribution in [3.8, 4) is 0 Å². The van der Waals surface area contributed by atoms with Gasteiger partial charge < -0.3 is 11.1 Å². The van der Waals surface area contributed by atoms with Gasteiger partial charge in [-0.25, -0.2) is 0 Å². The molecular formula is C12H25N3OS. The number of carbonyl (C=O) groups excluding carboxylic acids is 1. The summed E-state index contributed by atoms with van der Waals surface area (Å²) in [4.78, 5) is 14.4. The first-order valence-corrected chi connectivity index (χ1v) is 7.56. The molecule has 1 rings (SSSR count). The smallest absolute Gasteiger partial charge is 0.227 e. The van der Waals surface area contributed by atoms with E-state index in [2.05, 4.69) is 10.2 Å². The van der Waals surface area contributed by atoms with Crippen LogP contribution in [0, 0.1) is 5.41 Å². The predicted octanol–water partition coefficient (Wildman–Crippen LogP) is 0.526. The zero-order chi connectivity index (χ0) is 12.7. The zero-order valence-corrected chi connectivity index (χ0v) is 11.8. The fourth-order valence-corrected chi connectivity index (χ4v) is 2.74. The highest BCUT2D eigenvalue weighted by atomic mass is 32.2. The van der Waals surface area contributed by atoms with Gasteiger partial charge in [-0.15, -0.1) is 0 Å². The number of carbonyl (C=O) groups is 1. The Morgan fingerprint density at radius 3 is 2.65 bits per heavy atom. The van der Waals surface area contributed by atoms with Crippen LogP contribution >= 0.6 is 11.8 Å². The molecule has 1 atom stereocenters. The normalized spacial score (nSPS) is 20.9. The predicted molar refractivity (Wildman–Crippen MR) is 74.2 cm³/mol. The highest BCUT2D eigenvalue weighted by Crippen LogP contribution is 2.18. The van der Waals surface area contributed by atoms with E-state index in [1.165, 1.54) is 11.5 Å². The highest BCUT2D eigenvalue weighted by Gasteiger charge is 2.29. The number of hydrogen-bond acceptors (Lipinski definition) is 4. The SMILES string of the molecule is CCC(C)(CN)C(=O)NCCN1CCSCC1. The van der Waals surface area contributed by atoms with Crippen molar-refractivity contribution in [3.05, 3.63) is 0 Å². The molecule has 1 aliphatic rings. The van der Waals surface area contributed by atoms with Crippen molar-refractivity contribution in [1.82, 2.24) is 10.2 Å². The van der Waals surface area contributed by atoms with Gasteiger partial charge in [-0.1, -0.05) is 6.92 Å². The second kappa shape index (κ2) is 7.24. The zero-order valence-electron chi connectivity index (χ0n) is 11.0. The summed E-state index contributed by atoms with van der Waals surface area (Å²) in [5.74, 6) is 2.52. The molecule has 0 bridgehead atoms. The number of thioether (sulfide) groups is 1. The van der Waals surface area contributed by atoms with Gasteiger partial charge >= 0.3 is 0 Å². The van der Waals surface area contributed by atoms with Crippen LogP contribution < -0.4 is 11.1 Å². The molecule has 1 saturated heterocycles. The molecule has 4 nitrogen and oxygen atoms in total. The molecule has 0 radical (unpaired) electrons. The Labute approximate surface area is 109 Å². The van der Waals surface area contributed by atoms with Gasteiger partial charge in [0.15, 0.2) is 0 Å². The molecule has 0 aliphatic carbocycles.